The van der Waals surface area contributed by atoms with Gasteiger partial charge in [0.05, 0.1) is 11.0 Å². The van der Waals surface area contributed by atoms with E-state index in [1.807, 2.05) is 72.0 Å². The summed E-state index contributed by atoms with van der Waals surface area (Å²) in [6, 6.07) is 55.0. The lowest BCUT2D eigenvalue weighted by atomic mass is 9.98. The summed E-state index contributed by atoms with van der Waals surface area (Å²) in [5.74, 6) is 1.76. The van der Waals surface area contributed by atoms with Crippen LogP contribution in [-0.2, 0) is 0 Å². The first-order valence-electron chi connectivity index (χ1n) is 16.9. The Morgan fingerprint density at radius 2 is 1.12 bits per heavy atom. The molecule has 51 heavy (non-hydrogen) atoms. The first-order valence-corrected chi connectivity index (χ1v) is 17.8. The molecule has 0 saturated carbocycles. The van der Waals surface area contributed by atoms with Gasteiger partial charge in [-0.25, -0.2) is 4.98 Å². The number of thiophene rings is 1. The van der Waals surface area contributed by atoms with Gasteiger partial charge in [-0.1, -0.05) is 121 Å². The number of rotatable bonds is 4. The maximum absolute atomic E-state index is 6.28. The zero-order chi connectivity index (χ0) is 33.5. The summed E-state index contributed by atoms with van der Waals surface area (Å²) in [6.45, 7) is 0. The summed E-state index contributed by atoms with van der Waals surface area (Å²) in [4.78, 5) is 15.6. The number of furan rings is 1. The monoisotopic (exact) mass is 670 g/mol. The van der Waals surface area contributed by atoms with Gasteiger partial charge >= 0.3 is 0 Å². The van der Waals surface area contributed by atoms with Crippen LogP contribution in [0.3, 0.4) is 0 Å². The normalized spacial score (nSPS) is 11.9. The third-order valence-corrected chi connectivity index (χ3v) is 11.0. The lowest BCUT2D eigenvalue weighted by Crippen LogP contribution is -2.06. The SMILES string of the molecule is c1ccc(-c2nc(-c3cccc4oc5ccccc5c34)nc(-n3c4ccccc4c4ccc(-c5cccc6sc7ccccc7c56)cc43)n2)cc1. The van der Waals surface area contributed by atoms with Gasteiger partial charge in [-0.05, 0) is 47.5 Å². The van der Waals surface area contributed by atoms with Crippen LogP contribution in [0, 0.1) is 0 Å². The summed E-state index contributed by atoms with van der Waals surface area (Å²) in [5, 5.41) is 6.87. The molecule has 0 atom stereocenters. The van der Waals surface area contributed by atoms with Crippen molar-refractivity contribution < 1.29 is 4.42 Å². The Hall–Kier alpha value is -6.63. The fourth-order valence-electron chi connectivity index (χ4n) is 7.63. The molecule has 6 heteroatoms. The standard InChI is InChI=1S/C45H26N4OS/c1-2-12-27(13-3-1)43-46-44(34-18-10-21-38-41(34)32-15-5-8-20-37(32)50-38)48-45(47-43)49-35-19-7-4-14-30(35)31-25-24-28(26-36(31)49)29-17-11-23-40-42(29)33-16-6-9-22-39(33)51-40/h1-26H. The summed E-state index contributed by atoms with van der Waals surface area (Å²) in [5.41, 5.74) is 7.88. The Labute approximate surface area is 295 Å². The molecule has 0 aliphatic carbocycles. The van der Waals surface area contributed by atoms with E-state index in [1.165, 1.54) is 25.7 Å². The molecule has 0 radical (unpaired) electrons. The molecule has 7 aromatic carbocycles. The van der Waals surface area contributed by atoms with E-state index in [0.29, 0.717) is 17.6 Å². The highest BCUT2D eigenvalue weighted by Crippen LogP contribution is 2.42. The van der Waals surface area contributed by atoms with E-state index in [9.17, 15) is 0 Å². The van der Waals surface area contributed by atoms with Crippen LogP contribution in [0.5, 0.6) is 0 Å². The lowest BCUT2D eigenvalue weighted by Gasteiger charge is -2.12. The number of hydrogen-bond acceptors (Lipinski definition) is 5. The average Bonchev–Trinajstić information content (AvgIpc) is 3.87. The molecule has 0 bridgehead atoms. The zero-order valence-electron chi connectivity index (χ0n) is 27.1. The molecule has 11 aromatic rings. The summed E-state index contributed by atoms with van der Waals surface area (Å²) in [7, 11) is 0. The molecule has 0 N–H and O–H groups in total. The molecule has 0 aliphatic heterocycles. The van der Waals surface area contributed by atoms with Crippen molar-refractivity contribution in [3.63, 3.8) is 0 Å². The molecular weight excluding hydrogens is 645 g/mol. The molecule has 238 valence electrons. The van der Waals surface area contributed by atoms with Crippen molar-refractivity contribution in [1.82, 2.24) is 19.5 Å². The fourth-order valence-corrected chi connectivity index (χ4v) is 8.76. The van der Waals surface area contributed by atoms with Gasteiger partial charge in [0.1, 0.15) is 11.2 Å². The Kier molecular flexibility index (Phi) is 6.05. The third kappa shape index (κ3) is 4.30. The van der Waals surface area contributed by atoms with Gasteiger partial charge in [-0.2, -0.15) is 9.97 Å². The van der Waals surface area contributed by atoms with Crippen molar-refractivity contribution in [3.8, 4) is 39.9 Å². The van der Waals surface area contributed by atoms with Crippen LogP contribution in [0.1, 0.15) is 0 Å². The van der Waals surface area contributed by atoms with Crippen molar-refractivity contribution >= 4 is 75.3 Å². The van der Waals surface area contributed by atoms with E-state index >= 15 is 0 Å². The average molecular weight is 671 g/mol. The molecule has 0 amide bonds. The van der Waals surface area contributed by atoms with Gasteiger partial charge in [-0.15, -0.1) is 11.3 Å². The summed E-state index contributed by atoms with van der Waals surface area (Å²) >= 11 is 1.84. The van der Waals surface area contributed by atoms with Gasteiger partial charge in [0.25, 0.3) is 0 Å². The first-order chi connectivity index (χ1) is 25.3. The van der Waals surface area contributed by atoms with Crippen molar-refractivity contribution in [2.75, 3.05) is 0 Å². The Morgan fingerprint density at radius 3 is 2.04 bits per heavy atom. The highest BCUT2D eigenvalue weighted by molar-refractivity contribution is 7.25. The number of aromatic nitrogens is 4. The van der Waals surface area contributed by atoms with Gasteiger partial charge in [0, 0.05) is 52.8 Å². The lowest BCUT2D eigenvalue weighted by molar-refractivity contribution is 0.669. The number of benzene rings is 7. The predicted octanol–water partition coefficient (Wildman–Crippen LogP) is 12.2. The maximum atomic E-state index is 6.28. The van der Waals surface area contributed by atoms with E-state index in [1.54, 1.807) is 0 Å². The molecule has 5 nitrogen and oxygen atoms in total. The molecule has 4 heterocycles. The van der Waals surface area contributed by atoms with Crippen LogP contribution in [0.25, 0.3) is 104 Å². The summed E-state index contributed by atoms with van der Waals surface area (Å²) < 4.78 is 11.1. The molecule has 4 aromatic heterocycles. The van der Waals surface area contributed by atoms with Gasteiger partial charge in [0.15, 0.2) is 11.6 Å². The third-order valence-electron chi connectivity index (χ3n) is 9.89. The van der Waals surface area contributed by atoms with E-state index in [4.69, 9.17) is 19.4 Å². The van der Waals surface area contributed by atoms with Crippen LogP contribution in [-0.4, -0.2) is 19.5 Å². The highest BCUT2D eigenvalue weighted by atomic mass is 32.1. The van der Waals surface area contributed by atoms with Crippen molar-refractivity contribution in [2.45, 2.75) is 0 Å². The van der Waals surface area contributed by atoms with Gasteiger partial charge in [-0.3, -0.25) is 4.57 Å². The second-order valence-electron chi connectivity index (χ2n) is 12.8. The molecule has 0 saturated heterocycles. The molecule has 11 rings (SSSR count). The Morgan fingerprint density at radius 1 is 0.431 bits per heavy atom. The minimum Gasteiger partial charge on any atom is -0.456 e. The minimum absolute atomic E-state index is 0.561. The highest BCUT2D eigenvalue weighted by Gasteiger charge is 2.21. The van der Waals surface area contributed by atoms with E-state index < -0.39 is 0 Å². The Bertz CT molecular complexity index is 3150. The molecular formula is C45H26N4OS. The summed E-state index contributed by atoms with van der Waals surface area (Å²) in [6.07, 6.45) is 0. The number of nitrogens with zero attached hydrogens (tertiary/aromatic N) is 4. The second-order valence-corrected chi connectivity index (χ2v) is 13.9. The van der Waals surface area contributed by atoms with Crippen LogP contribution in [0.15, 0.2) is 162 Å². The molecule has 0 aliphatic rings. The van der Waals surface area contributed by atoms with Gasteiger partial charge in [0.2, 0.25) is 5.95 Å². The molecule has 0 unspecified atom stereocenters. The number of fused-ring (bicyclic) bond motifs is 9. The predicted molar refractivity (Wildman–Crippen MR) is 211 cm³/mol. The first kappa shape index (κ1) is 28.2. The molecule has 0 spiro atoms. The maximum Gasteiger partial charge on any atom is 0.238 e. The Balaban J connectivity index is 1.21. The van der Waals surface area contributed by atoms with Crippen molar-refractivity contribution in [2.24, 2.45) is 0 Å². The van der Waals surface area contributed by atoms with E-state index in [-0.39, 0.29) is 0 Å². The quantitative estimate of drug-likeness (QED) is 0.187. The fraction of sp³-hybridized carbons (Fsp3) is 0. The van der Waals surface area contributed by atoms with E-state index in [2.05, 4.69) is 102 Å². The smallest absolute Gasteiger partial charge is 0.238 e. The topological polar surface area (TPSA) is 56.7 Å². The molecule has 0 fully saturated rings. The zero-order valence-corrected chi connectivity index (χ0v) is 27.9. The van der Waals surface area contributed by atoms with Crippen molar-refractivity contribution in [3.05, 3.63) is 158 Å². The van der Waals surface area contributed by atoms with Crippen LogP contribution in [0.2, 0.25) is 0 Å². The van der Waals surface area contributed by atoms with Gasteiger partial charge < -0.3 is 4.42 Å². The van der Waals surface area contributed by atoms with Crippen molar-refractivity contribution in [1.29, 1.82) is 0 Å². The largest absolute Gasteiger partial charge is 0.456 e. The van der Waals surface area contributed by atoms with E-state index in [0.717, 1.165) is 60.4 Å². The minimum atomic E-state index is 0.561. The van der Waals surface area contributed by atoms with Crippen LogP contribution >= 0.6 is 11.3 Å². The number of para-hydroxylation sites is 2. The van der Waals surface area contributed by atoms with Crippen LogP contribution in [0.4, 0.5) is 0 Å². The van der Waals surface area contributed by atoms with Crippen LogP contribution < -0.4 is 0 Å². The number of hydrogen-bond donors (Lipinski definition) is 0. The second kappa shape index (κ2) is 10.9.